The number of anilines is 1. The highest BCUT2D eigenvalue weighted by molar-refractivity contribution is 14.1. The van der Waals surface area contributed by atoms with Crippen LogP contribution in [0.15, 0.2) is 18.2 Å². The van der Waals surface area contributed by atoms with Crippen LogP contribution in [0, 0.1) is 20.8 Å². The van der Waals surface area contributed by atoms with Crippen molar-refractivity contribution in [2.24, 2.45) is 5.92 Å². The lowest BCUT2D eigenvalue weighted by Crippen LogP contribution is -2.26. The molecule has 2 rings (SSSR count). The number of hydrogen-bond donors (Lipinski definition) is 1. The Morgan fingerprint density at radius 2 is 2.29 bits per heavy atom. The molecule has 1 aromatic carbocycles. The third-order valence-electron chi connectivity index (χ3n) is 2.79. The van der Waals surface area contributed by atoms with Crippen molar-refractivity contribution in [3.05, 3.63) is 27.3 Å². The fourth-order valence-corrected chi connectivity index (χ4v) is 1.97. The molecule has 4 nitrogen and oxygen atoms in total. The van der Waals surface area contributed by atoms with Crippen molar-refractivity contribution >= 4 is 34.2 Å². The van der Waals surface area contributed by atoms with E-state index in [0.717, 1.165) is 22.8 Å². The smallest absolute Gasteiger partial charge is 0.335 e. The molecule has 0 aliphatic heterocycles. The number of halogens is 1. The van der Waals surface area contributed by atoms with Crippen LogP contribution < -0.4 is 5.48 Å². The number of nitrogens with zero attached hydrogens (tertiary/aromatic N) is 1. The van der Waals surface area contributed by atoms with Crippen LogP contribution in [0.4, 0.5) is 5.69 Å². The molecule has 0 unspecified atom stereocenters. The van der Waals surface area contributed by atoms with E-state index in [4.69, 9.17) is 10.1 Å². The van der Waals surface area contributed by atoms with Crippen molar-refractivity contribution in [2.45, 2.75) is 19.3 Å². The maximum absolute atomic E-state index is 11.5. The summed E-state index contributed by atoms with van der Waals surface area (Å²) in [5.74, 6) is -0.171. The number of nitriles is 1. The van der Waals surface area contributed by atoms with Crippen molar-refractivity contribution in [1.29, 1.82) is 5.26 Å². The van der Waals surface area contributed by atoms with Crippen molar-refractivity contribution in [1.82, 2.24) is 0 Å². The number of hydrogen-bond acceptors (Lipinski definition) is 4. The predicted octanol–water partition coefficient (Wildman–Crippen LogP) is 2.83. The van der Waals surface area contributed by atoms with Gasteiger partial charge in [0.1, 0.15) is 6.07 Å². The van der Waals surface area contributed by atoms with E-state index in [-0.39, 0.29) is 11.9 Å². The Kier molecular flexibility index (Phi) is 3.84. The molecular formula is C12H11IN2O2. The quantitative estimate of drug-likeness (QED) is 0.678. The molecule has 0 radical (unpaired) electrons. The molecule has 0 bridgehead atoms. The molecule has 0 aromatic heterocycles. The zero-order valence-electron chi connectivity index (χ0n) is 9.07. The van der Waals surface area contributed by atoms with E-state index in [2.05, 4.69) is 34.1 Å². The van der Waals surface area contributed by atoms with E-state index < -0.39 is 0 Å². The lowest BCUT2D eigenvalue weighted by molar-refractivity contribution is -0.148. The maximum Gasteiger partial charge on any atom is 0.335 e. The van der Waals surface area contributed by atoms with Crippen molar-refractivity contribution < 1.29 is 9.63 Å². The largest absolute Gasteiger partial charge is 0.343 e. The Bertz CT molecular complexity index is 478. The zero-order valence-corrected chi connectivity index (χ0v) is 11.2. The van der Waals surface area contributed by atoms with E-state index in [0.29, 0.717) is 11.3 Å². The van der Waals surface area contributed by atoms with Crippen LogP contribution in [0.25, 0.3) is 0 Å². The number of carbonyl (C=O) groups is 1. The first kappa shape index (κ1) is 12.2. The number of carbonyl (C=O) groups excluding carboxylic acids is 1. The van der Waals surface area contributed by atoms with Crippen LogP contribution >= 0.6 is 22.6 Å². The Hall–Kier alpha value is -1.29. The summed E-state index contributed by atoms with van der Waals surface area (Å²) < 4.78 is 0.876. The van der Waals surface area contributed by atoms with Gasteiger partial charge >= 0.3 is 5.97 Å². The van der Waals surface area contributed by atoms with Gasteiger partial charge in [-0.2, -0.15) is 5.26 Å². The maximum atomic E-state index is 11.5. The van der Waals surface area contributed by atoms with Crippen molar-refractivity contribution in [2.75, 3.05) is 5.48 Å². The fourth-order valence-electron chi connectivity index (χ4n) is 1.51. The summed E-state index contributed by atoms with van der Waals surface area (Å²) in [6.45, 7) is 0. The van der Waals surface area contributed by atoms with Gasteiger partial charge in [0.05, 0.1) is 17.2 Å². The van der Waals surface area contributed by atoms with Gasteiger partial charge < -0.3 is 4.84 Å². The molecule has 0 spiro atoms. The molecule has 88 valence electrons. The van der Waals surface area contributed by atoms with E-state index >= 15 is 0 Å². The highest BCUT2D eigenvalue weighted by Gasteiger charge is 2.27. The van der Waals surface area contributed by atoms with Crippen LogP contribution in [-0.4, -0.2) is 5.97 Å². The minimum Gasteiger partial charge on any atom is -0.343 e. The van der Waals surface area contributed by atoms with Gasteiger partial charge in [-0.3, -0.25) is 0 Å². The second kappa shape index (κ2) is 5.36. The summed E-state index contributed by atoms with van der Waals surface area (Å²) in [5, 5.41) is 8.87. The Morgan fingerprint density at radius 3 is 2.88 bits per heavy atom. The molecule has 1 N–H and O–H groups in total. The predicted molar refractivity (Wildman–Crippen MR) is 70.9 cm³/mol. The van der Waals surface area contributed by atoms with E-state index in [1.54, 1.807) is 18.2 Å². The molecule has 5 heteroatoms. The van der Waals surface area contributed by atoms with Gasteiger partial charge in [0.2, 0.25) is 0 Å². The lowest BCUT2D eigenvalue weighted by Gasteiger charge is -2.22. The summed E-state index contributed by atoms with van der Waals surface area (Å²) >= 11 is 2.09. The fraction of sp³-hybridized carbons (Fsp3) is 0.333. The van der Waals surface area contributed by atoms with Gasteiger partial charge in [-0.15, -0.1) is 0 Å². The lowest BCUT2D eigenvalue weighted by atomic mass is 9.86. The van der Waals surface area contributed by atoms with Crippen molar-refractivity contribution in [3.8, 4) is 6.07 Å². The second-order valence-corrected chi connectivity index (χ2v) is 5.12. The second-order valence-electron chi connectivity index (χ2n) is 3.96. The molecule has 1 aliphatic carbocycles. The average molecular weight is 342 g/mol. The minimum absolute atomic E-state index is 0.0433. The van der Waals surface area contributed by atoms with Gasteiger partial charge in [-0.1, -0.05) is 6.42 Å². The minimum atomic E-state index is -0.215. The SMILES string of the molecule is N#Cc1cc(NOC(=O)C2CCC2)ccc1I. The third-order valence-corrected chi connectivity index (χ3v) is 3.74. The number of rotatable bonds is 3. The first-order valence-corrected chi connectivity index (χ1v) is 6.45. The average Bonchev–Trinajstić information content (AvgIpc) is 2.25. The molecule has 0 saturated heterocycles. The van der Waals surface area contributed by atoms with Gasteiger partial charge in [0, 0.05) is 3.57 Å². The number of benzene rings is 1. The van der Waals surface area contributed by atoms with Crippen LogP contribution in [0.3, 0.4) is 0 Å². The number of nitrogens with one attached hydrogen (secondary N) is 1. The molecule has 0 amide bonds. The Morgan fingerprint density at radius 1 is 1.53 bits per heavy atom. The molecule has 1 fully saturated rings. The van der Waals surface area contributed by atoms with Crippen LogP contribution in [-0.2, 0) is 9.63 Å². The highest BCUT2D eigenvalue weighted by Crippen LogP contribution is 2.27. The summed E-state index contributed by atoms with van der Waals surface area (Å²) in [6, 6.07) is 7.32. The Balaban J connectivity index is 1.94. The summed E-state index contributed by atoms with van der Waals surface area (Å²) in [6.07, 6.45) is 2.93. The van der Waals surface area contributed by atoms with E-state index in [9.17, 15) is 4.79 Å². The van der Waals surface area contributed by atoms with Crippen LogP contribution in [0.5, 0.6) is 0 Å². The molecular weight excluding hydrogens is 331 g/mol. The Labute approximate surface area is 113 Å². The van der Waals surface area contributed by atoms with E-state index in [1.165, 1.54) is 0 Å². The summed E-state index contributed by atoms with van der Waals surface area (Å²) in [7, 11) is 0. The van der Waals surface area contributed by atoms with Gasteiger partial charge in [0.15, 0.2) is 0 Å². The highest BCUT2D eigenvalue weighted by atomic mass is 127. The van der Waals surface area contributed by atoms with Gasteiger partial charge in [0.25, 0.3) is 0 Å². The van der Waals surface area contributed by atoms with Crippen LogP contribution in [0.2, 0.25) is 0 Å². The molecule has 1 aliphatic rings. The molecule has 0 atom stereocenters. The van der Waals surface area contributed by atoms with Gasteiger partial charge in [-0.25, -0.2) is 10.3 Å². The summed E-state index contributed by atoms with van der Waals surface area (Å²) in [4.78, 5) is 16.4. The molecule has 1 aromatic rings. The summed E-state index contributed by atoms with van der Waals surface area (Å²) in [5.41, 5.74) is 3.78. The molecule has 17 heavy (non-hydrogen) atoms. The normalized spacial score (nSPS) is 14.6. The van der Waals surface area contributed by atoms with Crippen LogP contribution in [0.1, 0.15) is 24.8 Å². The first-order valence-electron chi connectivity index (χ1n) is 5.37. The third kappa shape index (κ3) is 2.88. The standard InChI is InChI=1S/C12H11IN2O2/c13-11-5-4-10(6-9(11)7-14)15-17-12(16)8-2-1-3-8/h4-6,8,15H,1-3H2. The van der Waals surface area contributed by atoms with E-state index in [1.807, 2.05) is 0 Å². The van der Waals surface area contributed by atoms with Crippen molar-refractivity contribution in [3.63, 3.8) is 0 Å². The molecule has 1 saturated carbocycles. The molecule has 0 heterocycles. The monoisotopic (exact) mass is 342 g/mol. The first-order chi connectivity index (χ1) is 8.20. The van der Waals surface area contributed by atoms with Gasteiger partial charge in [-0.05, 0) is 53.6 Å². The zero-order chi connectivity index (χ0) is 12.3. The topological polar surface area (TPSA) is 62.1 Å².